The van der Waals surface area contributed by atoms with Crippen LogP contribution in [0.5, 0.6) is 0 Å². The second-order valence-corrected chi connectivity index (χ2v) is 8.18. The lowest BCUT2D eigenvalue weighted by molar-refractivity contribution is -0.133. The van der Waals surface area contributed by atoms with Crippen LogP contribution in [0.15, 0.2) is 46.9 Å². The zero-order chi connectivity index (χ0) is 20.4. The predicted octanol–water partition coefficient (Wildman–Crippen LogP) is 3.13. The molecule has 0 radical (unpaired) electrons. The molecule has 4 rings (SSSR count). The van der Waals surface area contributed by atoms with Gasteiger partial charge in [-0.15, -0.1) is 0 Å². The van der Waals surface area contributed by atoms with Crippen molar-refractivity contribution in [3.63, 3.8) is 0 Å². The minimum absolute atomic E-state index is 0.267. The third-order valence-electron chi connectivity index (χ3n) is 5.34. The molecule has 152 valence electrons. The van der Waals surface area contributed by atoms with Crippen LogP contribution in [-0.2, 0) is 9.59 Å². The monoisotopic (exact) mass is 460 g/mol. The molecule has 2 aromatic rings. The number of hydrogen-bond donors (Lipinski definition) is 2. The SMILES string of the molecule is O=C1CCC(Nc2ccc(N3CCN(c4ccc(Br)cc4)CC3)c(F)c2)C(=O)N1. The van der Waals surface area contributed by atoms with Crippen LogP contribution >= 0.6 is 15.9 Å². The zero-order valence-corrected chi connectivity index (χ0v) is 17.4. The molecule has 0 aromatic heterocycles. The number of anilines is 3. The maximum absolute atomic E-state index is 14.8. The van der Waals surface area contributed by atoms with Gasteiger partial charge in [-0.1, -0.05) is 15.9 Å². The Morgan fingerprint density at radius 2 is 1.69 bits per heavy atom. The molecule has 2 heterocycles. The highest BCUT2D eigenvalue weighted by atomic mass is 79.9. The summed E-state index contributed by atoms with van der Waals surface area (Å²) < 4.78 is 15.8. The largest absolute Gasteiger partial charge is 0.374 e. The summed E-state index contributed by atoms with van der Waals surface area (Å²) in [5.41, 5.74) is 2.26. The molecule has 0 spiro atoms. The number of rotatable bonds is 4. The van der Waals surface area contributed by atoms with Gasteiger partial charge in [0.25, 0.3) is 0 Å². The first-order valence-corrected chi connectivity index (χ1v) is 10.4. The van der Waals surface area contributed by atoms with Crippen molar-refractivity contribution in [3.05, 3.63) is 52.8 Å². The summed E-state index contributed by atoms with van der Waals surface area (Å²) in [5.74, 6) is -0.953. The number of carbonyl (C=O) groups excluding carboxylic acids is 2. The van der Waals surface area contributed by atoms with E-state index in [-0.39, 0.29) is 24.1 Å². The van der Waals surface area contributed by atoms with Crippen LogP contribution in [0.25, 0.3) is 0 Å². The molecule has 0 bridgehead atoms. The van der Waals surface area contributed by atoms with Crippen LogP contribution in [0.3, 0.4) is 0 Å². The molecule has 2 amide bonds. The summed E-state index contributed by atoms with van der Waals surface area (Å²) in [6.45, 7) is 3.09. The second-order valence-electron chi connectivity index (χ2n) is 7.26. The lowest BCUT2D eigenvalue weighted by Crippen LogP contribution is -2.47. The van der Waals surface area contributed by atoms with Gasteiger partial charge in [0.15, 0.2) is 0 Å². The van der Waals surface area contributed by atoms with E-state index in [2.05, 4.69) is 43.6 Å². The minimum atomic E-state index is -0.521. The molecule has 1 atom stereocenters. The fourth-order valence-corrected chi connectivity index (χ4v) is 4.01. The molecule has 29 heavy (non-hydrogen) atoms. The van der Waals surface area contributed by atoms with Crippen LogP contribution in [0.4, 0.5) is 21.5 Å². The van der Waals surface area contributed by atoms with Gasteiger partial charge in [0, 0.05) is 48.4 Å². The zero-order valence-electron chi connectivity index (χ0n) is 15.8. The topological polar surface area (TPSA) is 64.7 Å². The van der Waals surface area contributed by atoms with E-state index in [9.17, 15) is 14.0 Å². The normalized spacial score (nSPS) is 19.9. The van der Waals surface area contributed by atoms with Gasteiger partial charge < -0.3 is 15.1 Å². The Kier molecular flexibility index (Phi) is 5.71. The summed E-state index contributed by atoms with van der Waals surface area (Å²) in [4.78, 5) is 27.4. The predicted molar refractivity (Wildman–Crippen MR) is 115 cm³/mol. The minimum Gasteiger partial charge on any atom is -0.374 e. The summed E-state index contributed by atoms with van der Waals surface area (Å²) in [5, 5.41) is 5.32. The summed E-state index contributed by atoms with van der Waals surface area (Å²) in [7, 11) is 0. The quantitative estimate of drug-likeness (QED) is 0.686. The van der Waals surface area contributed by atoms with E-state index in [0.717, 1.165) is 36.3 Å². The Morgan fingerprint density at radius 3 is 2.34 bits per heavy atom. The Hall–Kier alpha value is -2.61. The number of piperazine rings is 1. The van der Waals surface area contributed by atoms with E-state index in [4.69, 9.17) is 0 Å². The number of nitrogens with one attached hydrogen (secondary N) is 2. The summed E-state index contributed by atoms with van der Waals surface area (Å²) in [6.07, 6.45) is 0.693. The molecule has 0 aliphatic carbocycles. The van der Waals surface area contributed by atoms with Crippen LogP contribution in [0.2, 0.25) is 0 Å². The third-order valence-corrected chi connectivity index (χ3v) is 5.87. The van der Waals surface area contributed by atoms with Gasteiger partial charge in [0.1, 0.15) is 11.9 Å². The summed E-state index contributed by atoms with van der Waals surface area (Å²) >= 11 is 3.45. The van der Waals surface area contributed by atoms with E-state index in [1.807, 2.05) is 17.0 Å². The van der Waals surface area contributed by atoms with Crippen molar-refractivity contribution in [2.24, 2.45) is 0 Å². The van der Waals surface area contributed by atoms with Crippen molar-refractivity contribution in [1.82, 2.24) is 5.32 Å². The number of benzene rings is 2. The number of amides is 2. The van der Waals surface area contributed by atoms with Crippen molar-refractivity contribution < 1.29 is 14.0 Å². The van der Waals surface area contributed by atoms with Gasteiger partial charge >= 0.3 is 0 Å². The molecule has 2 aliphatic rings. The number of imide groups is 1. The van der Waals surface area contributed by atoms with E-state index >= 15 is 0 Å². The lowest BCUT2D eigenvalue weighted by atomic mass is 10.1. The highest BCUT2D eigenvalue weighted by molar-refractivity contribution is 9.10. The first kappa shape index (κ1) is 19.7. The van der Waals surface area contributed by atoms with Gasteiger partial charge in [-0.25, -0.2) is 4.39 Å². The number of carbonyl (C=O) groups is 2. The van der Waals surface area contributed by atoms with Crippen molar-refractivity contribution in [2.75, 3.05) is 41.3 Å². The molecule has 6 nitrogen and oxygen atoms in total. The molecule has 2 N–H and O–H groups in total. The van der Waals surface area contributed by atoms with Gasteiger partial charge in [0.05, 0.1) is 5.69 Å². The maximum Gasteiger partial charge on any atom is 0.249 e. The van der Waals surface area contributed by atoms with E-state index in [0.29, 0.717) is 17.8 Å². The average Bonchev–Trinajstić information content (AvgIpc) is 2.71. The molecular formula is C21H22BrFN4O2. The van der Waals surface area contributed by atoms with Gasteiger partial charge in [-0.2, -0.15) is 0 Å². The molecule has 2 aromatic carbocycles. The number of nitrogens with zero attached hydrogens (tertiary/aromatic N) is 2. The molecule has 8 heteroatoms. The molecule has 1 unspecified atom stereocenters. The second kappa shape index (κ2) is 8.41. The molecule has 2 aliphatic heterocycles. The maximum atomic E-state index is 14.8. The number of halogens is 2. The number of piperidine rings is 1. The van der Waals surface area contributed by atoms with Gasteiger partial charge in [0.2, 0.25) is 11.8 Å². The van der Waals surface area contributed by atoms with Gasteiger partial charge in [-0.05, 0) is 48.9 Å². The number of hydrogen-bond acceptors (Lipinski definition) is 5. The van der Waals surface area contributed by atoms with E-state index in [1.165, 1.54) is 6.07 Å². The Bertz CT molecular complexity index is 913. The first-order chi connectivity index (χ1) is 14.0. The Morgan fingerprint density at radius 1 is 1.00 bits per heavy atom. The first-order valence-electron chi connectivity index (χ1n) is 9.65. The Balaban J connectivity index is 1.38. The molecule has 2 saturated heterocycles. The van der Waals surface area contributed by atoms with Crippen molar-refractivity contribution in [2.45, 2.75) is 18.9 Å². The van der Waals surface area contributed by atoms with Crippen molar-refractivity contribution in [3.8, 4) is 0 Å². The Labute approximate surface area is 177 Å². The highest BCUT2D eigenvalue weighted by Crippen LogP contribution is 2.27. The highest BCUT2D eigenvalue weighted by Gasteiger charge is 2.27. The molecule has 0 saturated carbocycles. The smallest absolute Gasteiger partial charge is 0.249 e. The average molecular weight is 461 g/mol. The van der Waals surface area contributed by atoms with Crippen LogP contribution < -0.4 is 20.4 Å². The van der Waals surface area contributed by atoms with Crippen LogP contribution in [-0.4, -0.2) is 44.0 Å². The molecular weight excluding hydrogens is 439 g/mol. The van der Waals surface area contributed by atoms with Gasteiger partial charge in [-0.3, -0.25) is 14.9 Å². The van der Waals surface area contributed by atoms with Crippen molar-refractivity contribution in [1.29, 1.82) is 0 Å². The summed E-state index contributed by atoms with van der Waals surface area (Å²) in [6, 6.07) is 12.6. The van der Waals surface area contributed by atoms with Crippen molar-refractivity contribution >= 4 is 44.8 Å². The lowest BCUT2D eigenvalue weighted by Gasteiger charge is -2.37. The van der Waals surface area contributed by atoms with Crippen LogP contribution in [0.1, 0.15) is 12.8 Å². The standard InChI is InChI=1S/C21H22BrFN4O2/c22-14-1-4-16(5-2-14)26-9-11-27(12-10-26)19-7-3-15(13-17(19)23)24-18-6-8-20(28)25-21(18)29/h1-5,7,13,18,24H,6,8-12H2,(H,25,28,29). The van der Waals surface area contributed by atoms with E-state index < -0.39 is 6.04 Å². The molecule has 2 fully saturated rings. The van der Waals surface area contributed by atoms with E-state index in [1.54, 1.807) is 12.1 Å². The fourth-order valence-electron chi connectivity index (χ4n) is 3.74. The van der Waals surface area contributed by atoms with Crippen LogP contribution in [0, 0.1) is 5.82 Å². The fraction of sp³-hybridized carbons (Fsp3) is 0.333. The third kappa shape index (κ3) is 4.53.